The quantitative estimate of drug-likeness (QED) is 0.863. The molecule has 1 aromatic rings. The van der Waals surface area contributed by atoms with Gasteiger partial charge in [0.1, 0.15) is 0 Å². The van der Waals surface area contributed by atoms with Crippen LogP contribution in [0.3, 0.4) is 0 Å². The van der Waals surface area contributed by atoms with E-state index in [1.807, 2.05) is 48.2 Å². The standard InChI is InChI=1S/C19H27N3O2/c1-13(2)12-22-16-8-6-5-7-14(16)19(18(22)24)11-15(19)17(23)20-9-10-21(3)4/h5-8,13,15H,9-12H2,1-4H3,(H,20,23). The van der Waals surface area contributed by atoms with Gasteiger partial charge < -0.3 is 15.1 Å². The Labute approximate surface area is 144 Å². The highest BCUT2D eigenvalue weighted by molar-refractivity contribution is 6.14. The van der Waals surface area contributed by atoms with Crippen LogP contribution in [-0.2, 0) is 15.0 Å². The highest BCUT2D eigenvalue weighted by Gasteiger charge is 2.69. The van der Waals surface area contributed by atoms with Gasteiger partial charge in [0.15, 0.2) is 0 Å². The Bertz CT molecular complexity index is 656. The van der Waals surface area contributed by atoms with Crippen molar-refractivity contribution in [1.29, 1.82) is 0 Å². The molecule has 5 nitrogen and oxygen atoms in total. The summed E-state index contributed by atoms with van der Waals surface area (Å²) in [6, 6.07) is 7.95. The summed E-state index contributed by atoms with van der Waals surface area (Å²) < 4.78 is 0. The second-order valence-corrected chi connectivity index (χ2v) is 7.65. The van der Waals surface area contributed by atoms with Gasteiger partial charge >= 0.3 is 0 Å². The molecule has 0 radical (unpaired) electrons. The summed E-state index contributed by atoms with van der Waals surface area (Å²) >= 11 is 0. The Balaban J connectivity index is 1.79. The Morgan fingerprint density at radius 2 is 2.08 bits per heavy atom. The minimum absolute atomic E-state index is 0.00593. The molecule has 1 saturated carbocycles. The lowest BCUT2D eigenvalue weighted by atomic mass is 9.94. The van der Waals surface area contributed by atoms with Gasteiger partial charge in [-0.15, -0.1) is 0 Å². The topological polar surface area (TPSA) is 52.7 Å². The molecule has 1 aromatic carbocycles. The van der Waals surface area contributed by atoms with E-state index in [2.05, 4.69) is 19.2 Å². The summed E-state index contributed by atoms with van der Waals surface area (Å²) in [4.78, 5) is 29.6. The van der Waals surface area contributed by atoms with E-state index < -0.39 is 5.41 Å². The van der Waals surface area contributed by atoms with Crippen molar-refractivity contribution in [1.82, 2.24) is 10.2 Å². The predicted molar refractivity (Wildman–Crippen MR) is 95.0 cm³/mol. The number of carbonyl (C=O) groups excluding carboxylic acids is 2. The number of nitrogens with zero attached hydrogens (tertiary/aromatic N) is 2. The maximum absolute atomic E-state index is 13.1. The minimum atomic E-state index is -0.617. The molecule has 3 rings (SSSR count). The first kappa shape index (κ1) is 17.0. The number of hydrogen-bond donors (Lipinski definition) is 1. The molecular weight excluding hydrogens is 302 g/mol. The van der Waals surface area contributed by atoms with E-state index in [0.717, 1.165) is 17.8 Å². The molecule has 130 valence electrons. The van der Waals surface area contributed by atoms with E-state index in [-0.39, 0.29) is 17.7 Å². The number of carbonyl (C=O) groups is 2. The van der Waals surface area contributed by atoms with Crippen LogP contribution in [0.25, 0.3) is 0 Å². The van der Waals surface area contributed by atoms with Crippen molar-refractivity contribution >= 4 is 17.5 Å². The Morgan fingerprint density at radius 1 is 1.38 bits per heavy atom. The summed E-state index contributed by atoms with van der Waals surface area (Å²) in [5, 5.41) is 2.98. The lowest BCUT2D eigenvalue weighted by Gasteiger charge is -2.20. The molecule has 1 aliphatic heterocycles. The minimum Gasteiger partial charge on any atom is -0.355 e. The first-order chi connectivity index (χ1) is 11.4. The molecular formula is C19H27N3O2. The van der Waals surface area contributed by atoms with E-state index in [1.165, 1.54) is 0 Å². The van der Waals surface area contributed by atoms with E-state index >= 15 is 0 Å². The predicted octanol–water partition coefficient (Wildman–Crippen LogP) is 1.62. The van der Waals surface area contributed by atoms with Gasteiger partial charge in [0.25, 0.3) is 0 Å². The second-order valence-electron chi connectivity index (χ2n) is 7.65. The third kappa shape index (κ3) is 2.71. The molecule has 1 aliphatic carbocycles. The zero-order valence-corrected chi connectivity index (χ0v) is 15.0. The number of amides is 2. The summed E-state index contributed by atoms with van der Waals surface area (Å²) in [6.45, 7) is 6.34. The van der Waals surface area contributed by atoms with Gasteiger partial charge in [-0.25, -0.2) is 0 Å². The average molecular weight is 329 g/mol. The molecule has 1 N–H and O–H groups in total. The van der Waals surface area contributed by atoms with Gasteiger partial charge in [-0.05, 0) is 38.1 Å². The van der Waals surface area contributed by atoms with Gasteiger partial charge in [0, 0.05) is 25.3 Å². The molecule has 24 heavy (non-hydrogen) atoms. The van der Waals surface area contributed by atoms with Crippen molar-refractivity contribution in [3.63, 3.8) is 0 Å². The number of likely N-dealkylation sites (N-methyl/N-ethyl adjacent to an activating group) is 1. The number of rotatable bonds is 6. The molecule has 2 atom stereocenters. The first-order valence-corrected chi connectivity index (χ1v) is 8.72. The highest BCUT2D eigenvalue weighted by Crippen LogP contribution is 2.61. The van der Waals surface area contributed by atoms with Crippen LogP contribution in [0.2, 0.25) is 0 Å². The number of nitrogens with one attached hydrogen (secondary N) is 1. The number of anilines is 1. The van der Waals surface area contributed by atoms with Crippen LogP contribution in [0.4, 0.5) is 5.69 Å². The van der Waals surface area contributed by atoms with Crippen LogP contribution in [-0.4, -0.2) is 50.4 Å². The van der Waals surface area contributed by atoms with Gasteiger partial charge in [0.05, 0.1) is 11.3 Å². The zero-order valence-electron chi connectivity index (χ0n) is 15.0. The summed E-state index contributed by atoms with van der Waals surface area (Å²) in [6.07, 6.45) is 0.630. The van der Waals surface area contributed by atoms with Crippen LogP contribution in [0, 0.1) is 11.8 Å². The van der Waals surface area contributed by atoms with Crippen molar-refractivity contribution in [2.45, 2.75) is 25.7 Å². The van der Waals surface area contributed by atoms with Crippen LogP contribution in [0.5, 0.6) is 0 Å². The SMILES string of the molecule is CC(C)CN1C(=O)C2(CC2C(=O)NCCN(C)C)c2ccccc21. The third-order valence-electron chi connectivity index (χ3n) is 4.99. The lowest BCUT2D eigenvalue weighted by Crippen LogP contribution is -2.39. The fourth-order valence-electron chi connectivity index (χ4n) is 3.74. The molecule has 1 heterocycles. The van der Waals surface area contributed by atoms with E-state index in [4.69, 9.17) is 0 Å². The molecule has 5 heteroatoms. The van der Waals surface area contributed by atoms with Crippen molar-refractivity contribution in [3.8, 4) is 0 Å². The average Bonchev–Trinajstić information content (AvgIpc) is 3.23. The molecule has 0 saturated heterocycles. The van der Waals surface area contributed by atoms with Crippen LogP contribution in [0.1, 0.15) is 25.8 Å². The normalized spacial score (nSPS) is 24.8. The molecule has 1 fully saturated rings. The van der Waals surface area contributed by atoms with Gasteiger partial charge in [0.2, 0.25) is 11.8 Å². The first-order valence-electron chi connectivity index (χ1n) is 8.72. The molecule has 2 unspecified atom stereocenters. The second kappa shape index (κ2) is 6.20. The monoisotopic (exact) mass is 329 g/mol. The highest BCUT2D eigenvalue weighted by atomic mass is 16.2. The molecule has 0 bridgehead atoms. The molecule has 2 amide bonds. The maximum Gasteiger partial charge on any atom is 0.238 e. The summed E-state index contributed by atoms with van der Waals surface area (Å²) in [5.41, 5.74) is 1.40. The largest absolute Gasteiger partial charge is 0.355 e. The van der Waals surface area contributed by atoms with E-state index in [1.54, 1.807) is 0 Å². The van der Waals surface area contributed by atoms with Crippen molar-refractivity contribution in [3.05, 3.63) is 29.8 Å². The van der Waals surface area contributed by atoms with Crippen LogP contribution in [0.15, 0.2) is 24.3 Å². The molecule has 0 aromatic heterocycles. The van der Waals surface area contributed by atoms with Crippen molar-refractivity contribution in [2.75, 3.05) is 38.6 Å². The fourth-order valence-corrected chi connectivity index (χ4v) is 3.74. The van der Waals surface area contributed by atoms with Crippen molar-refractivity contribution < 1.29 is 9.59 Å². The zero-order chi connectivity index (χ0) is 17.5. The van der Waals surface area contributed by atoms with Gasteiger partial charge in [-0.2, -0.15) is 0 Å². The smallest absolute Gasteiger partial charge is 0.238 e. The lowest BCUT2D eigenvalue weighted by molar-refractivity contribution is -0.126. The third-order valence-corrected chi connectivity index (χ3v) is 4.99. The number of para-hydroxylation sites is 1. The van der Waals surface area contributed by atoms with E-state index in [9.17, 15) is 9.59 Å². The van der Waals surface area contributed by atoms with Gasteiger partial charge in [-0.1, -0.05) is 32.0 Å². The summed E-state index contributed by atoms with van der Waals surface area (Å²) in [5.74, 6) is 0.269. The fraction of sp³-hybridized carbons (Fsp3) is 0.579. The number of benzene rings is 1. The van der Waals surface area contributed by atoms with Crippen LogP contribution >= 0.6 is 0 Å². The number of fused-ring (bicyclic) bond motifs is 2. The Kier molecular flexibility index (Phi) is 4.38. The Morgan fingerprint density at radius 3 is 2.75 bits per heavy atom. The van der Waals surface area contributed by atoms with Gasteiger partial charge in [-0.3, -0.25) is 9.59 Å². The Hall–Kier alpha value is -1.88. The summed E-state index contributed by atoms with van der Waals surface area (Å²) in [7, 11) is 3.95. The number of hydrogen-bond acceptors (Lipinski definition) is 3. The van der Waals surface area contributed by atoms with Crippen LogP contribution < -0.4 is 10.2 Å². The van der Waals surface area contributed by atoms with E-state index in [0.29, 0.717) is 25.4 Å². The van der Waals surface area contributed by atoms with Crippen molar-refractivity contribution in [2.24, 2.45) is 11.8 Å². The maximum atomic E-state index is 13.1. The molecule has 1 spiro atoms. The molecule has 2 aliphatic rings.